The lowest BCUT2D eigenvalue weighted by Gasteiger charge is -2.10. The first-order valence-electron chi connectivity index (χ1n) is 10.3. The number of nitrogens with zero attached hydrogens (tertiary/aromatic N) is 2. The second-order valence-electron chi connectivity index (χ2n) is 7.40. The molecule has 3 N–H and O–H groups in total. The number of anilines is 1. The van der Waals surface area contributed by atoms with Gasteiger partial charge in [-0.05, 0) is 43.3 Å². The summed E-state index contributed by atoms with van der Waals surface area (Å²) in [6.45, 7) is 4.81. The number of nitrogens with one attached hydrogen (secondary N) is 3. The average Bonchev–Trinajstić information content (AvgIpc) is 3.12. The molecule has 0 unspecified atom stereocenters. The third-order valence-electron chi connectivity index (χ3n) is 4.81. The van der Waals surface area contributed by atoms with Gasteiger partial charge in [-0.1, -0.05) is 48.9 Å². The average molecular weight is 438 g/mol. The highest BCUT2D eigenvalue weighted by molar-refractivity contribution is 7.71. The van der Waals surface area contributed by atoms with Crippen LogP contribution >= 0.6 is 12.2 Å². The fourth-order valence-corrected chi connectivity index (χ4v) is 3.38. The highest BCUT2D eigenvalue weighted by atomic mass is 32.1. The van der Waals surface area contributed by atoms with Crippen LogP contribution in [-0.4, -0.2) is 26.6 Å². The first-order valence-corrected chi connectivity index (χ1v) is 10.7. The topological polar surface area (TPSA) is 91.8 Å². The molecule has 162 valence electrons. The van der Waals surface area contributed by atoms with Gasteiger partial charge in [-0.15, -0.1) is 0 Å². The minimum absolute atomic E-state index is 0.00933. The summed E-state index contributed by atoms with van der Waals surface area (Å²) in [5, 5.41) is 12.9. The fraction of sp³-hybridized carbons (Fsp3) is 0.304. The Balaban J connectivity index is 1.56. The molecule has 31 heavy (non-hydrogen) atoms. The van der Waals surface area contributed by atoms with Crippen LogP contribution in [0.5, 0.6) is 0 Å². The van der Waals surface area contributed by atoms with Crippen LogP contribution in [-0.2, 0) is 22.7 Å². The molecule has 0 aliphatic carbocycles. The molecule has 3 aromatic rings. The van der Waals surface area contributed by atoms with Gasteiger partial charge in [-0.2, -0.15) is 5.10 Å². The van der Waals surface area contributed by atoms with Gasteiger partial charge in [0.15, 0.2) is 10.6 Å². The number of hydrogen-bond donors (Lipinski definition) is 3. The summed E-state index contributed by atoms with van der Waals surface area (Å²) in [4.78, 5) is 24.2. The van der Waals surface area contributed by atoms with E-state index in [1.165, 1.54) is 0 Å². The van der Waals surface area contributed by atoms with Gasteiger partial charge in [0.1, 0.15) is 0 Å². The Hall–Kier alpha value is -3.26. The van der Waals surface area contributed by atoms with E-state index < -0.39 is 0 Å². The van der Waals surface area contributed by atoms with Gasteiger partial charge < -0.3 is 10.6 Å². The summed E-state index contributed by atoms with van der Waals surface area (Å²) in [5.74, 6) is 0.622. The van der Waals surface area contributed by atoms with E-state index in [0.29, 0.717) is 30.1 Å². The number of aryl methyl sites for hydroxylation is 1. The van der Waals surface area contributed by atoms with Crippen molar-refractivity contribution in [3.05, 3.63) is 64.4 Å². The van der Waals surface area contributed by atoms with Gasteiger partial charge in [0.25, 0.3) is 0 Å². The number of hydrogen-bond acceptors (Lipinski definition) is 4. The van der Waals surface area contributed by atoms with Crippen LogP contribution < -0.4 is 10.6 Å². The van der Waals surface area contributed by atoms with Gasteiger partial charge in [-0.25, -0.2) is 0 Å². The van der Waals surface area contributed by atoms with E-state index >= 15 is 0 Å². The Kier molecular flexibility index (Phi) is 7.72. The van der Waals surface area contributed by atoms with Crippen LogP contribution in [0, 0.1) is 11.7 Å². The number of rotatable bonds is 9. The SMILES string of the molecule is CCCC(=O)Nc1cccc(CNC(=O)CCn2c(-c3ccc(C)cc3)n[nH]c2=S)c1. The summed E-state index contributed by atoms with van der Waals surface area (Å²) in [5.41, 5.74) is 3.76. The summed E-state index contributed by atoms with van der Waals surface area (Å²) in [6.07, 6.45) is 1.57. The minimum atomic E-state index is -0.0848. The lowest BCUT2D eigenvalue weighted by atomic mass is 10.1. The molecule has 2 aromatic carbocycles. The van der Waals surface area contributed by atoms with Crippen molar-refractivity contribution in [2.45, 2.75) is 46.2 Å². The molecule has 3 rings (SSSR count). The van der Waals surface area contributed by atoms with E-state index in [1.54, 1.807) is 0 Å². The first-order chi connectivity index (χ1) is 15.0. The number of aromatic nitrogens is 3. The van der Waals surface area contributed by atoms with E-state index in [4.69, 9.17) is 12.2 Å². The van der Waals surface area contributed by atoms with Crippen LogP contribution in [0.2, 0.25) is 0 Å². The number of carbonyl (C=O) groups excluding carboxylic acids is 2. The zero-order valence-electron chi connectivity index (χ0n) is 17.8. The second-order valence-corrected chi connectivity index (χ2v) is 7.78. The maximum Gasteiger partial charge on any atom is 0.224 e. The summed E-state index contributed by atoms with van der Waals surface area (Å²) in [7, 11) is 0. The predicted molar refractivity (Wildman–Crippen MR) is 124 cm³/mol. The van der Waals surface area contributed by atoms with E-state index in [2.05, 4.69) is 20.8 Å². The van der Waals surface area contributed by atoms with Crippen LogP contribution in [0.15, 0.2) is 48.5 Å². The molecule has 0 saturated carbocycles. The molecule has 7 nitrogen and oxygen atoms in total. The molecule has 0 bridgehead atoms. The normalized spacial score (nSPS) is 10.6. The molecule has 0 spiro atoms. The van der Waals surface area contributed by atoms with Crippen molar-refractivity contribution in [1.29, 1.82) is 0 Å². The van der Waals surface area contributed by atoms with Crippen LogP contribution in [0.3, 0.4) is 0 Å². The summed E-state index contributed by atoms with van der Waals surface area (Å²) >= 11 is 5.34. The molecule has 0 radical (unpaired) electrons. The molecule has 1 heterocycles. The number of H-pyrrole nitrogens is 1. The number of amides is 2. The molecule has 0 saturated heterocycles. The van der Waals surface area contributed by atoms with Crippen LogP contribution in [0.1, 0.15) is 37.3 Å². The lowest BCUT2D eigenvalue weighted by molar-refractivity contribution is -0.121. The zero-order valence-corrected chi connectivity index (χ0v) is 18.6. The van der Waals surface area contributed by atoms with Gasteiger partial charge in [0, 0.05) is 37.2 Å². The Bertz CT molecular complexity index is 1100. The number of benzene rings is 2. The molecule has 0 fully saturated rings. The molecular weight excluding hydrogens is 410 g/mol. The van der Waals surface area contributed by atoms with E-state index in [-0.39, 0.29) is 18.2 Å². The monoisotopic (exact) mass is 437 g/mol. The third kappa shape index (κ3) is 6.36. The Morgan fingerprint density at radius 1 is 1.10 bits per heavy atom. The van der Waals surface area contributed by atoms with Crippen molar-refractivity contribution in [3.63, 3.8) is 0 Å². The maximum atomic E-state index is 12.4. The molecule has 1 aromatic heterocycles. The highest BCUT2D eigenvalue weighted by Gasteiger charge is 2.11. The first kappa shape index (κ1) is 22.4. The van der Waals surface area contributed by atoms with Gasteiger partial charge in [0.05, 0.1) is 0 Å². The van der Waals surface area contributed by atoms with Crippen LogP contribution in [0.25, 0.3) is 11.4 Å². The Labute approximate surface area is 186 Å². The largest absolute Gasteiger partial charge is 0.352 e. The Morgan fingerprint density at radius 3 is 2.61 bits per heavy atom. The predicted octanol–water partition coefficient (Wildman–Crippen LogP) is 4.36. The Morgan fingerprint density at radius 2 is 1.87 bits per heavy atom. The summed E-state index contributed by atoms with van der Waals surface area (Å²) < 4.78 is 2.32. The van der Waals surface area contributed by atoms with Gasteiger partial charge >= 0.3 is 0 Å². The van der Waals surface area contributed by atoms with Crippen molar-refractivity contribution in [1.82, 2.24) is 20.1 Å². The van der Waals surface area contributed by atoms with Crippen molar-refractivity contribution >= 4 is 29.7 Å². The third-order valence-corrected chi connectivity index (χ3v) is 5.12. The van der Waals surface area contributed by atoms with E-state index in [0.717, 1.165) is 28.8 Å². The quantitative estimate of drug-likeness (QED) is 0.434. The maximum absolute atomic E-state index is 12.4. The number of aromatic amines is 1. The smallest absolute Gasteiger partial charge is 0.224 e. The molecule has 8 heteroatoms. The standard InChI is InChI=1S/C23H27N5O2S/c1-3-5-21(30)25-19-7-4-6-17(14-19)15-24-20(29)12-13-28-22(26-27-23(28)31)18-10-8-16(2)9-11-18/h4,6-11,14H,3,5,12-13,15H2,1-2H3,(H,24,29)(H,25,30)(H,27,31). The summed E-state index contributed by atoms with van der Waals surface area (Å²) in [6, 6.07) is 15.5. The van der Waals surface area contributed by atoms with Crippen molar-refractivity contribution < 1.29 is 9.59 Å². The van der Waals surface area contributed by atoms with Crippen molar-refractivity contribution in [2.24, 2.45) is 0 Å². The molecule has 2 amide bonds. The highest BCUT2D eigenvalue weighted by Crippen LogP contribution is 2.18. The molecule has 0 aliphatic heterocycles. The number of carbonyl (C=O) groups is 2. The van der Waals surface area contributed by atoms with Gasteiger partial charge in [0.2, 0.25) is 11.8 Å². The van der Waals surface area contributed by atoms with Crippen molar-refractivity contribution in [2.75, 3.05) is 5.32 Å². The lowest BCUT2D eigenvalue weighted by Crippen LogP contribution is -2.24. The van der Waals surface area contributed by atoms with E-state index in [9.17, 15) is 9.59 Å². The van der Waals surface area contributed by atoms with Crippen LogP contribution in [0.4, 0.5) is 5.69 Å². The fourth-order valence-electron chi connectivity index (χ4n) is 3.16. The molecule has 0 aliphatic rings. The molecule has 0 atom stereocenters. The molecular formula is C23H27N5O2S. The van der Waals surface area contributed by atoms with Crippen molar-refractivity contribution in [3.8, 4) is 11.4 Å². The zero-order chi connectivity index (χ0) is 22.2. The van der Waals surface area contributed by atoms with Gasteiger partial charge in [-0.3, -0.25) is 19.3 Å². The second kappa shape index (κ2) is 10.7. The minimum Gasteiger partial charge on any atom is -0.352 e. The van der Waals surface area contributed by atoms with E-state index in [1.807, 2.05) is 66.9 Å².